The van der Waals surface area contributed by atoms with Gasteiger partial charge in [-0.1, -0.05) is 6.42 Å². The molecule has 0 saturated carbocycles. The summed E-state index contributed by atoms with van der Waals surface area (Å²) in [7, 11) is 0. The maximum Gasteiger partial charge on any atom is 1.00 e. The third-order valence-electron chi connectivity index (χ3n) is 4.20. The van der Waals surface area contributed by atoms with Crippen LogP contribution in [0.1, 0.15) is 31.9 Å². The molecule has 0 amide bonds. The van der Waals surface area contributed by atoms with Crippen LogP contribution in [0, 0.1) is 5.92 Å². The quantitative estimate of drug-likeness (QED) is 0.403. The second kappa shape index (κ2) is 13.6. The van der Waals surface area contributed by atoms with Crippen LogP contribution in [0.2, 0.25) is 0 Å². The summed E-state index contributed by atoms with van der Waals surface area (Å²) in [6, 6.07) is 1.00. The molecule has 2 heterocycles. The van der Waals surface area contributed by atoms with Crippen molar-refractivity contribution < 1.29 is 96.4 Å². The largest absolute Gasteiger partial charge is 1.00 e. The molecule has 5 atom stereocenters. The molecule has 1 fully saturated rings. The number of aliphatic carboxylic acids is 2. The number of aromatic nitrogens is 2. The molecule has 0 bridgehead atoms. The van der Waals surface area contributed by atoms with E-state index in [0.29, 0.717) is 0 Å². The van der Waals surface area contributed by atoms with E-state index < -0.39 is 60.4 Å². The number of hydrogen-bond donors (Lipinski definition) is 2. The van der Waals surface area contributed by atoms with E-state index in [1.165, 1.54) is 0 Å². The summed E-state index contributed by atoms with van der Waals surface area (Å²) in [5.41, 5.74) is -0.944. The molecule has 0 spiro atoms. The van der Waals surface area contributed by atoms with Gasteiger partial charge in [-0.25, -0.2) is 9.78 Å². The molecule has 0 aromatic carbocycles. The number of aliphatic hydroxyl groups is 2. The zero-order valence-corrected chi connectivity index (χ0v) is 16.5. The maximum absolute atomic E-state index is 11.7. The number of rotatable bonds is 8. The summed E-state index contributed by atoms with van der Waals surface area (Å²) < 4.78 is 6.32. The Morgan fingerprint density at radius 1 is 1.21 bits per heavy atom. The molecule has 1 aliphatic rings. The smallest absolute Gasteiger partial charge is 0.858 e. The fourth-order valence-electron chi connectivity index (χ4n) is 2.86. The second-order valence-electron chi connectivity index (χ2n) is 6.02. The predicted octanol–water partition coefficient (Wildman–Crippen LogP) is -13.4. The van der Waals surface area contributed by atoms with Gasteiger partial charge in [0.15, 0.2) is 6.23 Å². The summed E-state index contributed by atoms with van der Waals surface area (Å²) in [6.07, 6.45) is -4.37. The van der Waals surface area contributed by atoms with Crippen LogP contribution in [-0.2, 0) is 14.3 Å². The first-order valence-corrected chi connectivity index (χ1v) is 7.89. The Hall–Kier alpha value is -0.708. The fraction of sp³-hybridized carbons (Fsp3) is 0.600. The topological polar surface area (TPSA) is 188 Å². The number of carbonyl (C=O) groups excluding carboxylic acids is 2. The predicted molar refractivity (Wildman–Crippen MR) is 75.8 cm³/mol. The molecule has 1 aromatic heterocycles. The van der Waals surface area contributed by atoms with E-state index in [2.05, 4.69) is 4.98 Å². The number of carboxylic acid groups (broad SMARTS) is 2. The Bertz CT molecular complexity index is 733. The molecule has 2 N–H and O–H groups in total. The van der Waals surface area contributed by atoms with Crippen molar-refractivity contribution in [2.45, 2.75) is 50.2 Å². The van der Waals surface area contributed by atoms with E-state index in [4.69, 9.17) is 4.74 Å². The SMILES string of the molecule is O=C([O-])CC(CCC[C@H]1O[C@@H](n2ccc([O-])nc2=O)[C@H](O)[C@@H]1O)C(=O)[O-].[Li+].[Li+].[Li+]. The van der Waals surface area contributed by atoms with Crippen LogP contribution in [0.25, 0.3) is 0 Å². The van der Waals surface area contributed by atoms with Crippen molar-refractivity contribution in [3.05, 3.63) is 22.7 Å². The molecule has 0 aliphatic carbocycles. The Morgan fingerprint density at radius 2 is 1.83 bits per heavy atom. The van der Waals surface area contributed by atoms with Crippen LogP contribution in [0.4, 0.5) is 0 Å². The molecule has 1 saturated heterocycles. The average Bonchev–Trinajstić information content (AvgIpc) is 2.82. The van der Waals surface area contributed by atoms with Gasteiger partial charge >= 0.3 is 62.3 Å². The Labute approximate surface area is 202 Å². The number of carboxylic acids is 2. The van der Waals surface area contributed by atoms with Gasteiger partial charge in [-0.2, -0.15) is 0 Å². The molecule has 1 aromatic rings. The first-order valence-electron chi connectivity index (χ1n) is 7.89. The number of carbonyl (C=O) groups is 2. The van der Waals surface area contributed by atoms with Crippen molar-refractivity contribution in [3.63, 3.8) is 0 Å². The van der Waals surface area contributed by atoms with Gasteiger partial charge in [0, 0.05) is 24.1 Å². The summed E-state index contributed by atoms with van der Waals surface area (Å²) in [6.45, 7) is 0. The molecule has 1 unspecified atom stereocenters. The van der Waals surface area contributed by atoms with Gasteiger partial charge in [0.1, 0.15) is 12.2 Å². The van der Waals surface area contributed by atoms with E-state index in [9.17, 15) is 39.9 Å². The van der Waals surface area contributed by atoms with Crippen LogP contribution in [0.5, 0.6) is 5.88 Å². The third-order valence-corrected chi connectivity index (χ3v) is 4.20. The van der Waals surface area contributed by atoms with Gasteiger partial charge in [-0.05, 0) is 31.2 Å². The summed E-state index contributed by atoms with van der Waals surface area (Å²) >= 11 is 0. The van der Waals surface area contributed by atoms with E-state index >= 15 is 0 Å². The van der Waals surface area contributed by atoms with Crippen LogP contribution >= 0.6 is 0 Å². The summed E-state index contributed by atoms with van der Waals surface area (Å²) in [4.78, 5) is 36.3. The zero-order valence-electron chi connectivity index (χ0n) is 16.5. The standard InChI is InChI=1S/C15H20N2O9.3Li/c18-9-4-5-17(15(25)16-9)13-12(22)11(21)8(26-13)3-1-2-7(14(23)24)6-10(19)20;;;/h4-5,7-8,11-13,21-22H,1-3,6H2,(H,19,20)(H,23,24)(H,16,18,25);;;/q;3*+1/p-3/t7?,8-,11-,12-,13-;;;/m1.../s1. The minimum absolute atomic E-state index is 0. The molecular formula is C15H17Li3N2O9. The van der Waals surface area contributed by atoms with Crippen molar-refractivity contribution in [3.8, 4) is 5.88 Å². The molecule has 11 nitrogen and oxygen atoms in total. The van der Waals surface area contributed by atoms with Crippen molar-refractivity contribution in [2.75, 3.05) is 0 Å². The average molecular weight is 390 g/mol. The van der Waals surface area contributed by atoms with Crippen LogP contribution in [0.3, 0.4) is 0 Å². The fourth-order valence-corrected chi connectivity index (χ4v) is 2.86. The minimum Gasteiger partial charge on any atom is -0.858 e. The van der Waals surface area contributed by atoms with Gasteiger partial charge in [0.05, 0.1) is 6.10 Å². The third kappa shape index (κ3) is 8.15. The van der Waals surface area contributed by atoms with Gasteiger partial charge in [-0.15, -0.1) is 0 Å². The van der Waals surface area contributed by atoms with Crippen LogP contribution in [0.15, 0.2) is 17.1 Å². The molecule has 144 valence electrons. The van der Waals surface area contributed by atoms with Crippen molar-refractivity contribution >= 4 is 11.9 Å². The van der Waals surface area contributed by atoms with Gasteiger partial charge < -0.3 is 39.9 Å². The van der Waals surface area contributed by atoms with Gasteiger partial charge in [0.25, 0.3) is 0 Å². The Morgan fingerprint density at radius 3 is 2.34 bits per heavy atom. The molecule has 29 heavy (non-hydrogen) atoms. The summed E-state index contributed by atoms with van der Waals surface area (Å²) in [5.74, 6) is -5.02. The normalized spacial score (nSPS) is 23.8. The second-order valence-corrected chi connectivity index (χ2v) is 6.02. The number of hydrogen-bond acceptors (Lipinski definition) is 10. The van der Waals surface area contributed by atoms with E-state index in [-0.39, 0.29) is 75.8 Å². The zero-order chi connectivity index (χ0) is 19.4. The van der Waals surface area contributed by atoms with Crippen LogP contribution < -0.4 is 77.6 Å². The Kier molecular flexibility index (Phi) is 14.3. The first kappa shape index (κ1) is 30.5. The molecule has 0 radical (unpaired) electrons. The Balaban J connectivity index is 0. The minimum atomic E-state index is -1.52. The van der Waals surface area contributed by atoms with Crippen molar-refractivity contribution in [1.82, 2.24) is 9.55 Å². The van der Waals surface area contributed by atoms with E-state index in [0.717, 1.165) is 16.8 Å². The number of ether oxygens (including phenoxy) is 1. The maximum atomic E-state index is 11.7. The van der Waals surface area contributed by atoms with Crippen molar-refractivity contribution in [2.24, 2.45) is 5.92 Å². The molecule has 1 aliphatic heterocycles. The molecule has 14 heteroatoms. The van der Waals surface area contributed by atoms with Crippen LogP contribution in [-0.4, -0.2) is 50.0 Å². The molecule has 2 rings (SSSR count). The van der Waals surface area contributed by atoms with E-state index in [1.807, 2.05) is 0 Å². The van der Waals surface area contributed by atoms with Gasteiger partial charge in [-0.3, -0.25) is 4.57 Å². The number of aliphatic hydroxyl groups excluding tert-OH is 2. The first-order chi connectivity index (χ1) is 12.2. The summed E-state index contributed by atoms with van der Waals surface area (Å²) in [5, 5.41) is 52.5. The monoisotopic (exact) mass is 390 g/mol. The van der Waals surface area contributed by atoms with Crippen molar-refractivity contribution in [1.29, 1.82) is 0 Å². The van der Waals surface area contributed by atoms with E-state index in [1.54, 1.807) is 0 Å². The number of nitrogens with zero attached hydrogens (tertiary/aromatic N) is 2. The van der Waals surface area contributed by atoms with Gasteiger partial charge in [0.2, 0.25) is 0 Å². The molecular weight excluding hydrogens is 373 g/mol.